The highest BCUT2D eigenvalue weighted by Crippen LogP contribution is 2.29. The van der Waals surface area contributed by atoms with Crippen LogP contribution in [0.15, 0.2) is 15.2 Å². The highest BCUT2D eigenvalue weighted by atomic mass is 79.9. The van der Waals surface area contributed by atoms with Crippen molar-refractivity contribution in [1.82, 2.24) is 0 Å². The van der Waals surface area contributed by atoms with E-state index in [1.54, 1.807) is 11.3 Å². The highest BCUT2D eigenvalue weighted by Gasteiger charge is 2.13. The molecule has 1 heterocycles. The SMILES string of the molecule is CC(C)[C@@H](N)c1cscc1Br. The molecular weight excluding hydrogens is 222 g/mol. The molecule has 0 saturated carbocycles. The van der Waals surface area contributed by atoms with Gasteiger partial charge in [0, 0.05) is 15.9 Å². The van der Waals surface area contributed by atoms with E-state index in [0.29, 0.717) is 5.92 Å². The zero-order valence-corrected chi connectivity index (χ0v) is 9.08. The molecule has 62 valence electrons. The van der Waals surface area contributed by atoms with Gasteiger partial charge in [0.15, 0.2) is 0 Å². The van der Waals surface area contributed by atoms with Crippen molar-refractivity contribution in [3.63, 3.8) is 0 Å². The van der Waals surface area contributed by atoms with Crippen molar-refractivity contribution in [3.05, 3.63) is 20.8 Å². The molecule has 0 amide bonds. The number of thiophene rings is 1. The molecule has 2 N–H and O–H groups in total. The lowest BCUT2D eigenvalue weighted by Crippen LogP contribution is -2.16. The normalized spacial score (nSPS) is 13.9. The van der Waals surface area contributed by atoms with Crippen LogP contribution >= 0.6 is 27.3 Å². The summed E-state index contributed by atoms with van der Waals surface area (Å²) >= 11 is 5.15. The summed E-state index contributed by atoms with van der Waals surface area (Å²) < 4.78 is 1.14. The summed E-state index contributed by atoms with van der Waals surface area (Å²) in [4.78, 5) is 0. The Hall–Kier alpha value is 0.140. The summed E-state index contributed by atoms with van der Waals surface area (Å²) in [6.07, 6.45) is 0. The molecule has 0 aliphatic carbocycles. The minimum absolute atomic E-state index is 0.163. The van der Waals surface area contributed by atoms with Crippen LogP contribution in [-0.4, -0.2) is 0 Å². The maximum atomic E-state index is 5.96. The first-order chi connectivity index (χ1) is 5.13. The summed E-state index contributed by atoms with van der Waals surface area (Å²) in [5.74, 6) is 0.501. The van der Waals surface area contributed by atoms with Crippen LogP contribution in [0.4, 0.5) is 0 Å². The van der Waals surface area contributed by atoms with Gasteiger partial charge in [-0.15, -0.1) is 0 Å². The monoisotopic (exact) mass is 233 g/mol. The molecule has 0 spiro atoms. The molecule has 0 saturated heterocycles. The summed E-state index contributed by atoms with van der Waals surface area (Å²) in [5, 5.41) is 4.17. The summed E-state index contributed by atoms with van der Waals surface area (Å²) in [6, 6.07) is 0.163. The van der Waals surface area contributed by atoms with E-state index in [9.17, 15) is 0 Å². The van der Waals surface area contributed by atoms with E-state index in [2.05, 4.69) is 40.5 Å². The van der Waals surface area contributed by atoms with Gasteiger partial charge in [0.2, 0.25) is 0 Å². The molecule has 3 heteroatoms. The van der Waals surface area contributed by atoms with Gasteiger partial charge in [-0.25, -0.2) is 0 Å². The number of nitrogens with two attached hydrogens (primary N) is 1. The molecule has 1 nitrogen and oxygen atoms in total. The predicted molar refractivity (Wildman–Crippen MR) is 53.8 cm³/mol. The van der Waals surface area contributed by atoms with Gasteiger partial charge < -0.3 is 5.73 Å². The van der Waals surface area contributed by atoms with Crippen molar-refractivity contribution in [3.8, 4) is 0 Å². The van der Waals surface area contributed by atoms with E-state index < -0.39 is 0 Å². The van der Waals surface area contributed by atoms with Gasteiger partial charge >= 0.3 is 0 Å². The molecule has 1 aromatic heterocycles. The van der Waals surface area contributed by atoms with Crippen LogP contribution in [0.3, 0.4) is 0 Å². The lowest BCUT2D eigenvalue weighted by atomic mass is 10.00. The van der Waals surface area contributed by atoms with E-state index in [1.165, 1.54) is 5.56 Å². The molecule has 0 unspecified atom stereocenters. The molecule has 1 atom stereocenters. The van der Waals surface area contributed by atoms with Crippen molar-refractivity contribution < 1.29 is 0 Å². The van der Waals surface area contributed by atoms with E-state index in [0.717, 1.165) is 4.47 Å². The van der Waals surface area contributed by atoms with E-state index in [-0.39, 0.29) is 6.04 Å². The smallest absolute Gasteiger partial charge is 0.0337 e. The lowest BCUT2D eigenvalue weighted by molar-refractivity contribution is 0.514. The number of hydrogen-bond acceptors (Lipinski definition) is 2. The standard InChI is InChI=1S/C8H12BrNS/c1-5(2)8(10)6-3-11-4-7(6)9/h3-5,8H,10H2,1-2H3/t8-/m1/s1. The number of hydrogen-bond donors (Lipinski definition) is 1. The molecule has 1 aromatic rings. The van der Waals surface area contributed by atoms with Crippen LogP contribution in [-0.2, 0) is 0 Å². The van der Waals surface area contributed by atoms with Crippen molar-refractivity contribution in [1.29, 1.82) is 0 Å². The van der Waals surface area contributed by atoms with Gasteiger partial charge in [-0.1, -0.05) is 13.8 Å². The Morgan fingerprint density at radius 1 is 1.45 bits per heavy atom. The Morgan fingerprint density at radius 2 is 2.09 bits per heavy atom. The fourth-order valence-corrected chi connectivity index (χ4v) is 2.50. The third kappa shape index (κ3) is 2.04. The third-order valence-corrected chi connectivity index (χ3v) is 3.47. The van der Waals surface area contributed by atoms with Crippen LogP contribution in [0.1, 0.15) is 25.5 Å². The first-order valence-corrected chi connectivity index (χ1v) is 5.33. The van der Waals surface area contributed by atoms with Crippen molar-refractivity contribution >= 4 is 27.3 Å². The Kier molecular flexibility index (Phi) is 3.10. The van der Waals surface area contributed by atoms with Gasteiger partial charge in [0.1, 0.15) is 0 Å². The van der Waals surface area contributed by atoms with Gasteiger partial charge in [-0.3, -0.25) is 0 Å². The summed E-state index contributed by atoms with van der Waals surface area (Å²) in [6.45, 7) is 4.27. The Labute approximate surface area is 79.7 Å². The second-order valence-corrected chi connectivity index (χ2v) is 4.54. The van der Waals surface area contributed by atoms with Crippen LogP contribution in [0.2, 0.25) is 0 Å². The average Bonchev–Trinajstić information content (AvgIpc) is 2.33. The minimum atomic E-state index is 0.163. The average molecular weight is 234 g/mol. The van der Waals surface area contributed by atoms with Crippen LogP contribution in [0.25, 0.3) is 0 Å². The second kappa shape index (κ2) is 3.70. The zero-order chi connectivity index (χ0) is 8.43. The van der Waals surface area contributed by atoms with Crippen molar-refractivity contribution in [2.75, 3.05) is 0 Å². The topological polar surface area (TPSA) is 26.0 Å². The van der Waals surface area contributed by atoms with Crippen molar-refractivity contribution in [2.24, 2.45) is 11.7 Å². The quantitative estimate of drug-likeness (QED) is 0.835. The maximum absolute atomic E-state index is 5.96. The van der Waals surface area contributed by atoms with E-state index in [1.807, 2.05) is 0 Å². The number of rotatable bonds is 2. The zero-order valence-electron chi connectivity index (χ0n) is 6.67. The summed E-state index contributed by atoms with van der Waals surface area (Å²) in [5.41, 5.74) is 7.19. The number of halogens is 1. The van der Waals surface area contributed by atoms with Gasteiger partial charge in [-0.2, -0.15) is 11.3 Å². The lowest BCUT2D eigenvalue weighted by Gasteiger charge is -2.14. The predicted octanol–water partition coefficient (Wildman–Crippen LogP) is 3.17. The van der Waals surface area contributed by atoms with Crippen LogP contribution < -0.4 is 5.73 Å². The third-order valence-electron chi connectivity index (χ3n) is 1.72. The first-order valence-electron chi connectivity index (χ1n) is 3.60. The van der Waals surface area contributed by atoms with E-state index >= 15 is 0 Å². The molecule has 0 aliphatic heterocycles. The molecule has 0 bridgehead atoms. The molecular formula is C8H12BrNS. The van der Waals surface area contributed by atoms with E-state index in [4.69, 9.17) is 5.73 Å². The Bertz CT molecular complexity index is 232. The van der Waals surface area contributed by atoms with Gasteiger partial charge in [-0.05, 0) is 32.8 Å². The fourth-order valence-electron chi connectivity index (χ4n) is 0.888. The maximum Gasteiger partial charge on any atom is 0.0337 e. The molecule has 0 aliphatic rings. The van der Waals surface area contributed by atoms with Crippen LogP contribution in [0, 0.1) is 5.92 Å². The second-order valence-electron chi connectivity index (χ2n) is 2.94. The van der Waals surface area contributed by atoms with Crippen molar-refractivity contribution in [2.45, 2.75) is 19.9 Å². The van der Waals surface area contributed by atoms with Gasteiger partial charge in [0.05, 0.1) is 0 Å². The molecule has 0 aromatic carbocycles. The molecule has 0 radical (unpaired) electrons. The highest BCUT2D eigenvalue weighted by molar-refractivity contribution is 9.10. The Morgan fingerprint density at radius 3 is 2.45 bits per heavy atom. The molecule has 1 rings (SSSR count). The largest absolute Gasteiger partial charge is 0.324 e. The molecule has 11 heavy (non-hydrogen) atoms. The minimum Gasteiger partial charge on any atom is -0.324 e. The molecule has 0 fully saturated rings. The first kappa shape index (κ1) is 9.23. The summed E-state index contributed by atoms with van der Waals surface area (Å²) in [7, 11) is 0. The fraction of sp³-hybridized carbons (Fsp3) is 0.500. The van der Waals surface area contributed by atoms with Gasteiger partial charge in [0.25, 0.3) is 0 Å². The van der Waals surface area contributed by atoms with Crippen LogP contribution in [0.5, 0.6) is 0 Å². The Balaban J connectivity index is 2.84.